The summed E-state index contributed by atoms with van der Waals surface area (Å²) in [5, 5.41) is 2.95. The van der Waals surface area contributed by atoms with E-state index >= 15 is 0 Å². The first-order chi connectivity index (χ1) is 7.62. The molecule has 90 valence electrons. The van der Waals surface area contributed by atoms with Gasteiger partial charge in [-0.2, -0.15) is 15.0 Å². The van der Waals surface area contributed by atoms with E-state index in [0.717, 1.165) is 13.1 Å². The van der Waals surface area contributed by atoms with E-state index in [1.807, 2.05) is 19.0 Å². The SMILES string of the molecule is CCN(CC)c1nc(NC)nc(N(C)C)n1. The molecule has 0 spiro atoms. The van der Waals surface area contributed by atoms with Gasteiger partial charge in [0.15, 0.2) is 0 Å². The lowest BCUT2D eigenvalue weighted by molar-refractivity contribution is 0.807. The highest BCUT2D eigenvalue weighted by atomic mass is 15.3. The molecule has 6 heteroatoms. The molecule has 0 unspecified atom stereocenters. The molecule has 0 radical (unpaired) electrons. The van der Waals surface area contributed by atoms with Gasteiger partial charge in [-0.25, -0.2) is 0 Å². The Morgan fingerprint density at radius 1 is 1.00 bits per heavy atom. The summed E-state index contributed by atoms with van der Waals surface area (Å²) >= 11 is 0. The van der Waals surface area contributed by atoms with Crippen LogP contribution >= 0.6 is 0 Å². The van der Waals surface area contributed by atoms with Gasteiger partial charge in [-0.15, -0.1) is 0 Å². The molecule has 1 aromatic heterocycles. The zero-order valence-corrected chi connectivity index (χ0v) is 10.7. The Labute approximate surface area is 96.7 Å². The minimum Gasteiger partial charge on any atom is -0.357 e. The first-order valence-corrected chi connectivity index (χ1v) is 5.48. The van der Waals surface area contributed by atoms with E-state index < -0.39 is 0 Å². The van der Waals surface area contributed by atoms with Gasteiger partial charge in [0.2, 0.25) is 17.8 Å². The van der Waals surface area contributed by atoms with Gasteiger partial charge in [0.25, 0.3) is 0 Å². The second kappa shape index (κ2) is 5.48. The number of anilines is 3. The number of hydrogen-bond acceptors (Lipinski definition) is 6. The highest BCUT2D eigenvalue weighted by molar-refractivity contribution is 5.44. The van der Waals surface area contributed by atoms with Crippen LogP contribution in [0.1, 0.15) is 13.8 Å². The molecule has 0 bridgehead atoms. The van der Waals surface area contributed by atoms with Gasteiger partial charge in [-0.1, -0.05) is 0 Å². The van der Waals surface area contributed by atoms with Crippen LogP contribution in [0, 0.1) is 0 Å². The Hall–Kier alpha value is -1.59. The van der Waals surface area contributed by atoms with Crippen molar-refractivity contribution in [1.29, 1.82) is 0 Å². The summed E-state index contributed by atoms with van der Waals surface area (Å²) in [5.41, 5.74) is 0. The van der Waals surface area contributed by atoms with E-state index in [-0.39, 0.29) is 0 Å². The largest absolute Gasteiger partial charge is 0.357 e. The summed E-state index contributed by atoms with van der Waals surface area (Å²) in [6.45, 7) is 5.94. The summed E-state index contributed by atoms with van der Waals surface area (Å²) in [7, 11) is 5.64. The molecule has 1 rings (SSSR count). The van der Waals surface area contributed by atoms with Crippen LogP contribution in [0.4, 0.5) is 17.8 Å². The normalized spacial score (nSPS) is 10.1. The molecule has 0 saturated carbocycles. The van der Waals surface area contributed by atoms with E-state index in [1.165, 1.54) is 0 Å². The van der Waals surface area contributed by atoms with Crippen molar-refractivity contribution in [2.45, 2.75) is 13.8 Å². The van der Waals surface area contributed by atoms with Crippen LogP contribution in [-0.4, -0.2) is 49.2 Å². The molecule has 0 aliphatic rings. The molecule has 0 amide bonds. The van der Waals surface area contributed by atoms with Crippen molar-refractivity contribution in [1.82, 2.24) is 15.0 Å². The van der Waals surface area contributed by atoms with E-state index in [1.54, 1.807) is 7.05 Å². The molecule has 0 aromatic carbocycles. The molecule has 1 N–H and O–H groups in total. The molecule has 0 fully saturated rings. The second-order valence-corrected chi connectivity index (χ2v) is 3.58. The fourth-order valence-corrected chi connectivity index (χ4v) is 1.31. The average Bonchev–Trinajstić information content (AvgIpc) is 2.30. The minimum atomic E-state index is 0.598. The van der Waals surface area contributed by atoms with Gasteiger partial charge < -0.3 is 15.1 Å². The molecular formula is C10H20N6. The number of rotatable bonds is 5. The molecule has 1 heterocycles. The van der Waals surface area contributed by atoms with Crippen molar-refractivity contribution in [2.24, 2.45) is 0 Å². The zero-order valence-electron chi connectivity index (χ0n) is 10.7. The molecular weight excluding hydrogens is 204 g/mol. The van der Waals surface area contributed by atoms with E-state index in [2.05, 4.69) is 39.0 Å². The van der Waals surface area contributed by atoms with Crippen LogP contribution in [0.5, 0.6) is 0 Å². The Morgan fingerprint density at radius 2 is 1.56 bits per heavy atom. The smallest absolute Gasteiger partial charge is 0.231 e. The van der Waals surface area contributed by atoms with Gasteiger partial charge in [-0.3, -0.25) is 0 Å². The number of nitrogens with zero attached hydrogens (tertiary/aromatic N) is 5. The Kier molecular flexibility index (Phi) is 4.28. The van der Waals surface area contributed by atoms with Crippen molar-refractivity contribution >= 4 is 17.8 Å². The lowest BCUT2D eigenvalue weighted by Crippen LogP contribution is -2.26. The highest BCUT2D eigenvalue weighted by Crippen LogP contribution is 2.14. The Morgan fingerprint density at radius 3 is 2.00 bits per heavy atom. The summed E-state index contributed by atoms with van der Waals surface area (Å²) in [5.74, 6) is 1.98. The first-order valence-electron chi connectivity index (χ1n) is 5.48. The number of aromatic nitrogens is 3. The Balaban J connectivity index is 3.12. The summed E-state index contributed by atoms with van der Waals surface area (Å²) in [6, 6.07) is 0. The van der Waals surface area contributed by atoms with Gasteiger partial charge in [0.05, 0.1) is 0 Å². The molecule has 16 heavy (non-hydrogen) atoms. The third-order valence-electron chi connectivity index (χ3n) is 2.28. The maximum atomic E-state index is 4.41. The summed E-state index contributed by atoms with van der Waals surface area (Å²) < 4.78 is 0. The Bertz CT molecular complexity index is 334. The second-order valence-electron chi connectivity index (χ2n) is 3.58. The van der Waals surface area contributed by atoms with Crippen LogP contribution in [0.25, 0.3) is 0 Å². The quantitative estimate of drug-likeness (QED) is 0.799. The van der Waals surface area contributed by atoms with Crippen molar-refractivity contribution < 1.29 is 0 Å². The molecule has 0 saturated heterocycles. The first kappa shape index (κ1) is 12.5. The third-order valence-corrected chi connectivity index (χ3v) is 2.28. The van der Waals surface area contributed by atoms with Crippen LogP contribution in [0.2, 0.25) is 0 Å². The topological polar surface area (TPSA) is 57.2 Å². The lowest BCUT2D eigenvalue weighted by atomic mass is 10.5. The lowest BCUT2D eigenvalue weighted by Gasteiger charge is -2.20. The highest BCUT2D eigenvalue weighted by Gasteiger charge is 2.11. The van der Waals surface area contributed by atoms with Crippen molar-refractivity contribution in [2.75, 3.05) is 49.3 Å². The van der Waals surface area contributed by atoms with Crippen LogP contribution in [0.3, 0.4) is 0 Å². The number of nitrogens with one attached hydrogen (secondary N) is 1. The van der Waals surface area contributed by atoms with E-state index in [9.17, 15) is 0 Å². The fraction of sp³-hybridized carbons (Fsp3) is 0.700. The summed E-state index contributed by atoms with van der Waals surface area (Å²) in [6.07, 6.45) is 0. The van der Waals surface area contributed by atoms with E-state index in [0.29, 0.717) is 17.8 Å². The maximum absolute atomic E-state index is 4.41. The van der Waals surface area contributed by atoms with Gasteiger partial charge in [0.1, 0.15) is 0 Å². The molecule has 0 aliphatic carbocycles. The zero-order chi connectivity index (χ0) is 12.1. The van der Waals surface area contributed by atoms with Crippen LogP contribution < -0.4 is 15.1 Å². The standard InChI is InChI=1S/C10H20N6/c1-6-16(7-2)10-13-8(11-3)12-9(14-10)15(4)5/h6-7H2,1-5H3,(H,11,12,13,14). The van der Waals surface area contributed by atoms with Crippen molar-refractivity contribution in [3.8, 4) is 0 Å². The van der Waals surface area contributed by atoms with Crippen molar-refractivity contribution in [3.63, 3.8) is 0 Å². The van der Waals surface area contributed by atoms with Gasteiger partial charge in [0, 0.05) is 34.2 Å². The molecule has 0 atom stereocenters. The third kappa shape index (κ3) is 2.71. The summed E-state index contributed by atoms with van der Waals surface area (Å²) in [4.78, 5) is 17.0. The molecule has 1 aromatic rings. The predicted molar refractivity (Wildman–Crippen MR) is 67.3 cm³/mol. The van der Waals surface area contributed by atoms with Gasteiger partial charge >= 0.3 is 0 Å². The minimum absolute atomic E-state index is 0.598. The fourth-order valence-electron chi connectivity index (χ4n) is 1.31. The van der Waals surface area contributed by atoms with Crippen LogP contribution in [0.15, 0.2) is 0 Å². The predicted octanol–water partition coefficient (Wildman–Crippen LogP) is 0.825. The number of hydrogen-bond donors (Lipinski definition) is 1. The maximum Gasteiger partial charge on any atom is 0.231 e. The monoisotopic (exact) mass is 224 g/mol. The van der Waals surface area contributed by atoms with Crippen molar-refractivity contribution in [3.05, 3.63) is 0 Å². The molecule has 0 aliphatic heterocycles. The van der Waals surface area contributed by atoms with Gasteiger partial charge in [-0.05, 0) is 13.8 Å². The van der Waals surface area contributed by atoms with Crippen LogP contribution in [-0.2, 0) is 0 Å². The van der Waals surface area contributed by atoms with E-state index in [4.69, 9.17) is 0 Å². The average molecular weight is 224 g/mol. The molecule has 6 nitrogen and oxygen atoms in total.